The number of nitrogens with one attached hydrogen (secondary N) is 1. The maximum absolute atomic E-state index is 12.0. The zero-order valence-electron chi connectivity index (χ0n) is 14.8. The molecule has 134 valence electrons. The molecule has 0 aliphatic heterocycles. The minimum atomic E-state index is -1.13. The van der Waals surface area contributed by atoms with Gasteiger partial charge in [-0.1, -0.05) is 0 Å². The lowest BCUT2D eigenvalue weighted by Gasteiger charge is -2.18. The number of ether oxygens (including phenoxy) is 1. The molecule has 0 bridgehead atoms. The van der Waals surface area contributed by atoms with Crippen molar-refractivity contribution in [3.8, 4) is 5.75 Å². The Hall–Kier alpha value is -2.83. The number of carboxylic acid groups (broad SMARTS) is 1. The molecule has 0 aliphatic carbocycles. The Morgan fingerprint density at radius 1 is 1.12 bits per heavy atom. The molecule has 25 heavy (non-hydrogen) atoms. The molecule has 2 rings (SSSR count). The molecule has 1 heterocycles. The van der Waals surface area contributed by atoms with Crippen molar-refractivity contribution in [2.75, 3.05) is 0 Å². The van der Waals surface area contributed by atoms with E-state index >= 15 is 0 Å². The van der Waals surface area contributed by atoms with Gasteiger partial charge in [0.2, 0.25) is 0 Å². The van der Waals surface area contributed by atoms with E-state index in [1.807, 2.05) is 6.92 Å². The number of hydrogen-bond acceptors (Lipinski definition) is 5. The first-order valence-corrected chi connectivity index (χ1v) is 7.87. The van der Waals surface area contributed by atoms with E-state index in [9.17, 15) is 14.4 Å². The van der Waals surface area contributed by atoms with Crippen LogP contribution in [-0.4, -0.2) is 29.1 Å². The van der Waals surface area contributed by atoms with E-state index in [-0.39, 0.29) is 0 Å². The van der Waals surface area contributed by atoms with Crippen LogP contribution >= 0.6 is 0 Å². The van der Waals surface area contributed by atoms with E-state index in [1.54, 1.807) is 26.0 Å². The highest BCUT2D eigenvalue weighted by Crippen LogP contribution is 2.29. The molecule has 1 aromatic carbocycles. The zero-order valence-corrected chi connectivity index (χ0v) is 14.8. The molecule has 0 spiro atoms. The van der Waals surface area contributed by atoms with Crippen molar-refractivity contribution < 1.29 is 23.8 Å². The standard InChI is InChI=1S/C18H21NO6/c1-8-9(2)18(23)25-15-10(3)14(7-6-13(8)15)24-12(5)16(20)19-11(4)17(21)22/h6-7,11-12H,1-5H3,(H,19,20)(H,21,22)/t11-,12+/m0/s1. The van der Waals surface area contributed by atoms with Gasteiger partial charge in [0.05, 0.1) is 0 Å². The van der Waals surface area contributed by atoms with Gasteiger partial charge in [-0.2, -0.15) is 0 Å². The number of aliphatic carboxylic acids is 1. The highest BCUT2D eigenvalue weighted by atomic mass is 16.5. The fraction of sp³-hybridized carbons (Fsp3) is 0.389. The molecule has 0 unspecified atom stereocenters. The third-order valence-electron chi connectivity index (χ3n) is 4.23. The third-order valence-corrected chi connectivity index (χ3v) is 4.23. The smallest absolute Gasteiger partial charge is 0.339 e. The predicted molar refractivity (Wildman–Crippen MR) is 92.0 cm³/mol. The normalized spacial score (nSPS) is 13.3. The molecule has 0 fully saturated rings. The van der Waals surface area contributed by atoms with Crippen molar-refractivity contribution in [2.24, 2.45) is 0 Å². The molecule has 0 aliphatic rings. The number of hydrogen-bond donors (Lipinski definition) is 2. The first-order valence-electron chi connectivity index (χ1n) is 7.87. The Labute approximate surface area is 144 Å². The lowest BCUT2D eigenvalue weighted by molar-refractivity contribution is -0.142. The van der Waals surface area contributed by atoms with Crippen molar-refractivity contribution in [2.45, 2.75) is 46.8 Å². The molecular formula is C18H21NO6. The molecule has 0 saturated carbocycles. The summed E-state index contributed by atoms with van der Waals surface area (Å²) in [6.07, 6.45) is -0.906. The summed E-state index contributed by atoms with van der Waals surface area (Å²) in [4.78, 5) is 34.7. The van der Waals surface area contributed by atoms with Crippen molar-refractivity contribution in [3.63, 3.8) is 0 Å². The van der Waals surface area contributed by atoms with E-state index in [1.165, 1.54) is 13.8 Å². The Morgan fingerprint density at radius 3 is 2.36 bits per heavy atom. The molecule has 1 aromatic heterocycles. The first kappa shape index (κ1) is 18.5. The number of amides is 1. The molecule has 2 atom stereocenters. The molecule has 0 saturated heterocycles. The van der Waals surface area contributed by atoms with Gasteiger partial charge >= 0.3 is 11.6 Å². The SMILES string of the molecule is Cc1c(C)c2ccc(O[C@H](C)C(=O)N[C@@H](C)C(=O)O)c(C)c2oc1=O. The van der Waals surface area contributed by atoms with Gasteiger partial charge in [-0.05, 0) is 52.3 Å². The van der Waals surface area contributed by atoms with Crippen LogP contribution in [0.2, 0.25) is 0 Å². The summed E-state index contributed by atoms with van der Waals surface area (Å²) in [6, 6.07) is 2.46. The predicted octanol–water partition coefficient (Wildman–Crippen LogP) is 2.07. The number of carbonyl (C=O) groups is 2. The summed E-state index contributed by atoms with van der Waals surface area (Å²) < 4.78 is 11.0. The maximum atomic E-state index is 12.0. The van der Waals surface area contributed by atoms with Crippen LogP contribution in [0.3, 0.4) is 0 Å². The molecule has 2 aromatic rings. The van der Waals surface area contributed by atoms with Crippen LogP contribution in [0, 0.1) is 20.8 Å². The summed E-state index contributed by atoms with van der Waals surface area (Å²) in [5.41, 5.74) is 1.99. The molecule has 7 heteroatoms. The largest absolute Gasteiger partial charge is 0.480 e. The van der Waals surface area contributed by atoms with E-state index in [2.05, 4.69) is 5.32 Å². The topological polar surface area (TPSA) is 106 Å². The molecule has 7 nitrogen and oxygen atoms in total. The van der Waals surface area contributed by atoms with Crippen LogP contribution in [0.25, 0.3) is 11.0 Å². The molecular weight excluding hydrogens is 326 g/mol. The van der Waals surface area contributed by atoms with Crippen LogP contribution < -0.4 is 15.7 Å². The van der Waals surface area contributed by atoms with E-state index < -0.39 is 29.6 Å². The van der Waals surface area contributed by atoms with Gasteiger partial charge < -0.3 is 19.6 Å². The Morgan fingerprint density at radius 2 is 1.76 bits per heavy atom. The summed E-state index contributed by atoms with van der Waals surface area (Å²) in [6.45, 7) is 8.17. The number of aryl methyl sites for hydroxylation is 2. The highest BCUT2D eigenvalue weighted by molar-refractivity contribution is 5.87. The van der Waals surface area contributed by atoms with E-state index in [0.29, 0.717) is 22.5 Å². The molecule has 0 radical (unpaired) electrons. The second-order valence-corrected chi connectivity index (χ2v) is 6.03. The van der Waals surface area contributed by atoms with E-state index in [0.717, 1.165) is 10.9 Å². The van der Waals surface area contributed by atoms with Crippen LogP contribution in [0.15, 0.2) is 21.3 Å². The van der Waals surface area contributed by atoms with Crippen molar-refractivity contribution >= 4 is 22.8 Å². The van der Waals surface area contributed by atoms with Crippen LogP contribution in [0.5, 0.6) is 5.75 Å². The summed E-state index contributed by atoms with van der Waals surface area (Å²) in [7, 11) is 0. The van der Waals surface area contributed by atoms with Gasteiger partial charge in [-0.25, -0.2) is 4.79 Å². The average Bonchev–Trinajstić information content (AvgIpc) is 2.55. The van der Waals surface area contributed by atoms with Gasteiger partial charge in [0.1, 0.15) is 17.4 Å². The maximum Gasteiger partial charge on any atom is 0.339 e. The number of carboxylic acids is 1. The lowest BCUT2D eigenvalue weighted by Crippen LogP contribution is -2.44. The molecule has 2 N–H and O–H groups in total. The average molecular weight is 347 g/mol. The van der Waals surface area contributed by atoms with Gasteiger partial charge in [0, 0.05) is 16.5 Å². The minimum Gasteiger partial charge on any atom is -0.480 e. The quantitative estimate of drug-likeness (QED) is 0.802. The second kappa shape index (κ2) is 6.96. The molecule has 1 amide bonds. The monoisotopic (exact) mass is 347 g/mol. The number of fused-ring (bicyclic) bond motifs is 1. The zero-order chi connectivity index (χ0) is 18.9. The van der Waals surface area contributed by atoms with E-state index in [4.69, 9.17) is 14.3 Å². The van der Waals surface area contributed by atoms with Crippen LogP contribution in [0.1, 0.15) is 30.5 Å². The lowest BCUT2D eigenvalue weighted by atomic mass is 10.0. The van der Waals surface area contributed by atoms with Gasteiger partial charge in [-0.15, -0.1) is 0 Å². The third kappa shape index (κ3) is 3.65. The number of benzene rings is 1. The minimum absolute atomic E-state index is 0.393. The fourth-order valence-corrected chi connectivity index (χ4v) is 2.39. The van der Waals surface area contributed by atoms with Crippen molar-refractivity contribution in [1.82, 2.24) is 5.32 Å². The Kier molecular flexibility index (Phi) is 5.15. The Balaban J connectivity index is 2.32. The first-order chi connectivity index (χ1) is 11.6. The second-order valence-electron chi connectivity index (χ2n) is 6.03. The summed E-state index contributed by atoms with van der Waals surface area (Å²) in [5.74, 6) is -1.28. The van der Waals surface area contributed by atoms with Crippen molar-refractivity contribution in [3.05, 3.63) is 39.2 Å². The fourth-order valence-electron chi connectivity index (χ4n) is 2.39. The van der Waals surface area contributed by atoms with Gasteiger partial charge in [0.25, 0.3) is 5.91 Å². The van der Waals surface area contributed by atoms with Crippen LogP contribution in [-0.2, 0) is 9.59 Å². The summed E-state index contributed by atoms with van der Waals surface area (Å²) in [5, 5.41) is 12.0. The Bertz CT molecular complexity index is 899. The summed E-state index contributed by atoms with van der Waals surface area (Å²) >= 11 is 0. The number of carbonyl (C=O) groups excluding carboxylic acids is 1. The van der Waals surface area contributed by atoms with Crippen LogP contribution in [0.4, 0.5) is 0 Å². The van der Waals surface area contributed by atoms with Gasteiger partial charge in [-0.3, -0.25) is 9.59 Å². The highest BCUT2D eigenvalue weighted by Gasteiger charge is 2.21. The number of rotatable bonds is 5. The van der Waals surface area contributed by atoms with Gasteiger partial charge in [0.15, 0.2) is 6.10 Å². The van der Waals surface area contributed by atoms with Crippen molar-refractivity contribution in [1.29, 1.82) is 0 Å².